The summed E-state index contributed by atoms with van der Waals surface area (Å²) in [6, 6.07) is 14.4. The lowest BCUT2D eigenvalue weighted by atomic mass is 10.00. The van der Waals surface area contributed by atoms with Crippen LogP contribution in [0.25, 0.3) is 0 Å². The molecule has 2 aromatic rings. The number of nitriles is 1. The van der Waals surface area contributed by atoms with Crippen molar-refractivity contribution in [2.24, 2.45) is 5.14 Å². The summed E-state index contributed by atoms with van der Waals surface area (Å²) >= 11 is 7.39. The second-order valence-electron chi connectivity index (χ2n) is 8.68. The first-order valence-corrected chi connectivity index (χ1v) is 12.5. The number of nitrogens with zero attached hydrogens (tertiary/aromatic N) is 3. The van der Waals surface area contributed by atoms with Crippen molar-refractivity contribution in [3.05, 3.63) is 59.2 Å². The molecule has 170 valence electrons. The average Bonchev–Trinajstić information content (AvgIpc) is 3.06. The highest BCUT2D eigenvalue weighted by Gasteiger charge is 2.52. The second kappa shape index (κ2) is 8.65. The number of alkyl halides is 1. The largest absolute Gasteiger partial charge is 0.481 e. The summed E-state index contributed by atoms with van der Waals surface area (Å²) in [6.45, 7) is 1.55. The molecule has 7 nitrogen and oxygen atoms in total. The van der Waals surface area contributed by atoms with Gasteiger partial charge in [0.1, 0.15) is 15.6 Å². The topological polar surface area (TPSA) is 99.7 Å². The van der Waals surface area contributed by atoms with Gasteiger partial charge in [-0.15, -0.1) is 0 Å². The molecule has 1 aliphatic heterocycles. The lowest BCUT2D eigenvalue weighted by molar-refractivity contribution is 0.0126. The maximum Gasteiger partial charge on any atom is 0.241 e. The molecule has 0 spiro atoms. The molecule has 0 unspecified atom stereocenters. The number of fused-ring (bicyclic) bond motifs is 1. The van der Waals surface area contributed by atoms with Crippen molar-refractivity contribution in [1.82, 2.24) is 9.80 Å². The van der Waals surface area contributed by atoms with E-state index >= 15 is 0 Å². The highest BCUT2D eigenvalue weighted by atomic mass is 35.5. The van der Waals surface area contributed by atoms with Crippen LogP contribution in [0.5, 0.6) is 5.75 Å². The summed E-state index contributed by atoms with van der Waals surface area (Å²) in [4.78, 5) is 3.36. The zero-order valence-corrected chi connectivity index (χ0v) is 19.7. The molecule has 9 heteroatoms. The van der Waals surface area contributed by atoms with E-state index in [4.69, 9.17) is 21.5 Å². The lowest BCUT2D eigenvalue weighted by Crippen LogP contribution is -2.56. The fraction of sp³-hybridized carbons (Fsp3) is 0.435. The maximum atomic E-state index is 12.2. The molecule has 0 bridgehead atoms. The molecule has 32 heavy (non-hydrogen) atoms. The Kier molecular flexibility index (Phi) is 6.23. The minimum Gasteiger partial charge on any atom is -0.481 e. The number of rotatable bonds is 5. The summed E-state index contributed by atoms with van der Waals surface area (Å²) in [5, 5.41) is 15.1. The molecule has 1 heterocycles. The van der Waals surface area contributed by atoms with Crippen LogP contribution in [0.4, 0.5) is 0 Å². The summed E-state index contributed by atoms with van der Waals surface area (Å²) in [5.74, 6) is 0.154. The van der Waals surface area contributed by atoms with Gasteiger partial charge in [0.05, 0.1) is 11.6 Å². The minimum absolute atomic E-state index is 0.0892. The van der Waals surface area contributed by atoms with E-state index in [1.54, 1.807) is 30.3 Å². The van der Waals surface area contributed by atoms with Crippen LogP contribution in [0.2, 0.25) is 0 Å². The van der Waals surface area contributed by atoms with Crippen LogP contribution in [-0.4, -0.2) is 56.4 Å². The minimum atomic E-state index is -3.99. The molecule has 1 saturated heterocycles. The van der Waals surface area contributed by atoms with Gasteiger partial charge in [-0.2, -0.15) is 5.26 Å². The van der Waals surface area contributed by atoms with Gasteiger partial charge in [0.15, 0.2) is 6.10 Å². The van der Waals surface area contributed by atoms with Crippen molar-refractivity contribution >= 4 is 21.6 Å². The molecule has 0 amide bonds. The smallest absolute Gasteiger partial charge is 0.241 e. The van der Waals surface area contributed by atoms with E-state index in [2.05, 4.69) is 30.0 Å². The summed E-state index contributed by atoms with van der Waals surface area (Å²) in [5.41, 5.74) is 2.20. The van der Waals surface area contributed by atoms with Gasteiger partial charge in [0, 0.05) is 31.1 Å². The van der Waals surface area contributed by atoms with Crippen LogP contribution in [0, 0.1) is 11.3 Å². The first kappa shape index (κ1) is 23.0. The molecule has 2 aliphatic rings. The number of ether oxygens (including phenoxy) is 1. The Balaban J connectivity index is 1.80. The molecule has 4 rings (SSSR count). The summed E-state index contributed by atoms with van der Waals surface area (Å²) < 4.78 is 30.7. The van der Waals surface area contributed by atoms with Gasteiger partial charge in [-0.25, -0.2) is 13.6 Å². The number of hydrogen-bond donors (Lipinski definition) is 1. The number of likely N-dealkylation sites (N-methyl/N-ethyl adjacent to an activating group) is 1. The Morgan fingerprint density at radius 2 is 2.00 bits per heavy atom. The van der Waals surface area contributed by atoms with Crippen molar-refractivity contribution in [1.29, 1.82) is 5.26 Å². The number of benzene rings is 2. The highest BCUT2D eigenvalue weighted by Crippen LogP contribution is 2.50. The quantitative estimate of drug-likeness (QED) is 0.528. The fourth-order valence-electron chi connectivity index (χ4n) is 4.79. The van der Waals surface area contributed by atoms with Gasteiger partial charge in [-0.3, -0.25) is 4.90 Å². The zero-order chi connectivity index (χ0) is 23.1. The monoisotopic (exact) mass is 474 g/mol. The van der Waals surface area contributed by atoms with Crippen LogP contribution in [0.15, 0.2) is 47.4 Å². The average molecular weight is 475 g/mol. The fourth-order valence-corrected chi connectivity index (χ4v) is 5.90. The van der Waals surface area contributed by atoms with E-state index in [0.717, 1.165) is 37.1 Å². The van der Waals surface area contributed by atoms with Crippen molar-refractivity contribution < 1.29 is 13.2 Å². The Morgan fingerprint density at radius 1 is 1.25 bits per heavy atom. The highest BCUT2D eigenvalue weighted by molar-refractivity contribution is 7.89. The van der Waals surface area contributed by atoms with Crippen LogP contribution in [0.3, 0.4) is 0 Å². The molecule has 0 saturated carbocycles. The number of piperidine rings is 1. The maximum absolute atomic E-state index is 12.2. The van der Waals surface area contributed by atoms with E-state index in [1.807, 2.05) is 6.07 Å². The Labute approximate surface area is 194 Å². The Morgan fingerprint density at radius 3 is 2.69 bits per heavy atom. The van der Waals surface area contributed by atoms with Crippen LogP contribution < -0.4 is 9.88 Å². The van der Waals surface area contributed by atoms with Crippen molar-refractivity contribution in [3.63, 3.8) is 0 Å². The van der Waals surface area contributed by atoms with Gasteiger partial charge in [0.2, 0.25) is 10.0 Å². The molecule has 1 fully saturated rings. The van der Waals surface area contributed by atoms with E-state index < -0.39 is 21.1 Å². The third-order valence-electron chi connectivity index (χ3n) is 6.49. The van der Waals surface area contributed by atoms with Crippen molar-refractivity contribution in [2.45, 2.75) is 41.3 Å². The molecule has 1 aliphatic carbocycles. The summed E-state index contributed by atoms with van der Waals surface area (Å²) in [6.07, 6.45) is 1.82. The standard InChI is InChI=1S/C23H27ClN4O3S/c1-27(2)17-8-6-12-28(15-17)23(24)13-19-16(14-25)7-5-9-18(19)22(23)31-20-10-3-4-11-21(20)32(26,29)30/h3-5,7,9-11,17,22H,6,8,12-13,15H2,1-2H3,(H2,26,29,30)/t17-,22+,23-/m1/s1. The van der Waals surface area contributed by atoms with Gasteiger partial charge in [-0.05, 0) is 50.7 Å². The SMILES string of the molecule is CN(C)[C@@H]1CCCN([C@]2(Cl)Cc3c(C#N)cccc3[C@@H]2Oc2ccccc2S(N)(=O)=O)C1. The van der Waals surface area contributed by atoms with E-state index in [1.165, 1.54) is 6.07 Å². The van der Waals surface area contributed by atoms with Crippen molar-refractivity contribution in [2.75, 3.05) is 27.2 Å². The third-order valence-corrected chi connectivity index (χ3v) is 8.02. The lowest BCUT2D eigenvalue weighted by Gasteiger charge is -2.46. The number of para-hydroxylation sites is 1. The van der Waals surface area contributed by atoms with Crippen LogP contribution in [-0.2, 0) is 16.4 Å². The molecule has 2 N–H and O–H groups in total. The van der Waals surface area contributed by atoms with E-state index in [-0.39, 0.29) is 10.6 Å². The number of primary sulfonamides is 1. The predicted octanol–water partition coefficient (Wildman–Crippen LogP) is 2.84. The zero-order valence-electron chi connectivity index (χ0n) is 18.2. The first-order valence-electron chi connectivity index (χ1n) is 10.6. The van der Waals surface area contributed by atoms with E-state index in [0.29, 0.717) is 18.0 Å². The second-order valence-corrected chi connectivity index (χ2v) is 10.9. The number of likely N-dealkylation sites (tertiary alicyclic amines) is 1. The Hall–Kier alpha value is -2.15. The van der Waals surface area contributed by atoms with E-state index in [9.17, 15) is 13.7 Å². The predicted molar refractivity (Wildman–Crippen MR) is 123 cm³/mol. The number of hydrogen-bond acceptors (Lipinski definition) is 6. The third kappa shape index (κ3) is 4.12. The van der Waals surface area contributed by atoms with Crippen molar-refractivity contribution in [3.8, 4) is 11.8 Å². The molecule has 3 atom stereocenters. The van der Waals surface area contributed by atoms with Crippen LogP contribution >= 0.6 is 11.6 Å². The molecule has 2 aromatic carbocycles. The summed E-state index contributed by atoms with van der Waals surface area (Å²) in [7, 11) is 0.128. The van der Waals surface area contributed by atoms with Gasteiger partial charge >= 0.3 is 0 Å². The van der Waals surface area contributed by atoms with Crippen LogP contribution in [0.1, 0.15) is 35.6 Å². The molecular formula is C23H27ClN4O3S. The Bertz CT molecular complexity index is 1160. The molecular weight excluding hydrogens is 448 g/mol. The number of nitrogens with two attached hydrogens (primary N) is 1. The first-order chi connectivity index (χ1) is 15.1. The van der Waals surface area contributed by atoms with Gasteiger partial charge in [-0.1, -0.05) is 35.9 Å². The molecule has 0 radical (unpaired) electrons. The number of halogens is 1. The normalized spacial score (nSPS) is 26.0. The number of sulfonamides is 1. The van der Waals surface area contributed by atoms with Gasteiger partial charge < -0.3 is 9.64 Å². The van der Waals surface area contributed by atoms with Gasteiger partial charge in [0.25, 0.3) is 0 Å². The molecule has 0 aromatic heterocycles.